The van der Waals surface area contributed by atoms with Gasteiger partial charge < -0.3 is 24.1 Å². The van der Waals surface area contributed by atoms with Gasteiger partial charge in [-0.05, 0) is 6.42 Å². The molecule has 0 aliphatic rings. The Bertz CT molecular complexity index is 1710. The van der Waals surface area contributed by atoms with Crippen molar-refractivity contribution in [2.24, 2.45) is 0 Å². The molecule has 2 rings (SSSR count). The predicted molar refractivity (Wildman–Crippen MR) is 146 cm³/mol. The van der Waals surface area contributed by atoms with Crippen LogP contribution in [0.5, 0.6) is 0 Å². The third-order valence-corrected chi connectivity index (χ3v) is 6.04. The van der Waals surface area contributed by atoms with Crippen molar-refractivity contribution in [2.75, 3.05) is 40.6 Å². The molecule has 20 nitrogen and oxygen atoms in total. The topological polar surface area (TPSA) is 240 Å². The van der Waals surface area contributed by atoms with Gasteiger partial charge in [-0.25, -0.2) is 56.2 Å². The van der Waals surface area contributed by atoms with E-state index in [1.54, 1.807) is 0 Å². The summed E-state index contributed by atoms with van der Waals surface area (Å²) >= 11 is 0. The van der Waals surface area contributed by atoms with Crippen LogP contribution in [0.4, 0.5) is 0 Å². The number of carbonyl (C=O) groups excluding carboxylic acids is 3. The average Bonchev–Trinajstić information content (AvgIpc) is 2.99. The highest BCUT2D eigenvalue weighted by Gasteiger charge is 2.22. The summed E-state index contributed by atoms with van der Waals surface area (Å²) in [5, 5.41) is 9.23. The smallest absolute Gasteiger partial charge is 0.337 e. The minimum absolute atomic E-state index is 0.00445. The molecule has 0 bridgehead atoms. The van der Waals surface area contributed by atoms with Crippen LogP contribution in [0, 0.1) is 0 Å². The average molecular weight is 631 g/mol. The predicted octanol–water partition coefficient (Wildman–Crippen LogP) is -4.94. The Labute approximate surface area is 246 Å². The van der Waals surface area contributed by atoms with Crippen molar-refractivity contribution >= 4 is 17.9 Å². The van der Waals surface area contributed by atoms with Crippen LogP contribution in [-0.4, -0.2) is 91.1 Å². The number of carbonyl (C=O) groups is 3. The van der Waals surface area contributed by atoms with Crippen LogP contribution in [0.1, 0.15) is 19.8 Å². The molecule has 1 N–H and O–H groups in total. The fraction of sp³-hybridized carbons (Fsp3) is 0.625. The summed E-state index contributed by atoms with van der Waals surface area (Å²) in [4.78, 5) is 113. The molecular weight excluding hydrogens is 596 g/mol. The summed E-state index contributed by atoms with van der Waals surface area (Å²) in [5.41, 5.74) is -7.19. The van der Waals surface area contributed by atoms with Crippen LogP contribution >= 0.6 is 0 Å². The number of esters is 3. The SMILES string of the molecule is CCCCOC(=O)Cn1c(=O)n(CC(=O)OC)c(=O)n(CC(=O)OCCn2c(=O)n(CCO)c(=O)n(CCOC)c2=O)c1=O. The van der Waals surface area contributed by atoms with Crippen molar-refractivity contribution in [3.63, 3.8) is 0 Å². The summed E-state index contributed by atoms with van der Waals surface area (Å²) in [6, 6.07) is 0. The van der Waals surface area contributed by atoms with Crippen LogP contribution in [0.2, 0.25) is 0 Å². The van der Waals surface area contributed by atoms with E-state index in [1.165, 1.54) is 7.11 Å². The molecule has 20 heteroatoms. The number of aliphatic hydroxyl groups excluding tert-OH is 1. The van der Waals surface area contributed by atoms with E-state index >= 15 is 0 Å². The fourth-order valence-corrected chi connectivity index (χ4v) is 3.75. The second-order valence-corrected chi connectivity index (χ2v) is 9.00. The number of hydrogen-bond donors (Lipinski definition) is 1. The highest BCUT2D eigenvalue weighted by molar-refractivity contribution is 5.70. The molecule has 0 fully saturated rings. The summed E-state index contributed by atoms with van der Waals surface area (Å²) in [5.74, 6) is -3.27. The third kappa shape index (κ3) is 8.60. The van der Waals surface area contributed by atoms with Crippen molar-refractivity contribution < 1.29 is 38.4 Å². The van der Waals surface area contributed by atoms with Crippen LogP contribution in [0.15, 0.2) is 28.8 Å². The molecule has 0 unspecified atom stereocenters. The van der Waals surface area contributed by atoms with Crippen LogP contribution in [0.3, 0.4) is 0 Å². The van der Waals surface area contributed by atoms with Gasteiger partial charge in [0, 0.05) is 7.11 Å². The lowest BCUT2D eigenvalue weighted by molar-refractivity contribution is -0.145. The van der Waals surface area contributed by atoms with E-state index in [0.29, 0.717) is 31.1 Å². The first-order valence-electron chi connectivity index (χ1n) is 13.3. The van der Waals surface area contributed by atoms with Gasteiger partial charge in [0.25, 0.3) is 0 Å². The molecule has 0 aliphatic carbocycles. The second-order valence-electron chi connectivity index (χ2n) is 9.00. The molecule has 0 radical (unpaired) electrons. The summed E-state index contributed by atoms with van der Waals surface area (Å²) in [6.07, 6.45) is 1.20. The molecule has 0 atom stereocenters. The van der Waals surface area contributed by atoms with Crippen molar-refractivity contribution in [3.8, 4) is 0 Å². The summed E-state index contributed by atoms with van der Waals surface area (Å²) < 4.78 is 22.0. The van der Waals surface area contributed by atoms with E-state index in [2.05, 4.69) is 4.74 Å². The molecule has 2 aromatic heterocycles. The van der Waals surface area contributed by atoms with Gasteiger partial charge in [0.1, 0.15) is 26.2 Å². The minimum Gasteiger partial charge on any atom is -0.468 e. The van der Waals surface area contributed by atoms with Gasteiger partial charge in [-0.2, -0.15) is 0 Å². The molecule has 0 saturated heterocycles. The number of aliphatic hydroxyl groups is 1. The first-order chi connectivity index (χ1) is 20.9. The lowest BCUT2D eigenvalue weighted by Gasteiger charge is -2.14. The maximum atomic E-state index is 13.0. The molecular formula is C24H34N6O14. The molecule has 2 aromatic rings. The molecule has 0 amide bonds. The van der Waals surface area contributed by atoms with Gasteiger partial charge in [0.2, 0.25) is 0 Å². The number of ether oxygens (including phenoxy) is 4. The van der Waals surface area contributed by atoms with E-state index < -0.39 is 98.0 Å². The van der Waals surface area contributed by atoms with E-state index in [0.717, 1.165) is 7.11 Å². The van der Waals surface area contributed by atoms with Crippen LogP contribution in [-0.2, 0) is 72.6 Å². The zero-order valence-electron chi connectivity index (χ0n) is 24.4. The second kappa shape index (κ2) is 16.7. The highest BCUT2D eigenvalue weighted by atomic mass is 16.5. The Morgan fingerprint density at radius 3 is 1.36 bits per heavy atom. The Balaban J connectivity index is 2.37. The molecule has 0 spiro atoms. The molecule has 0 aliphatic heterocycles. The van der Waals surface area contributed by atoms with Crippen LogP contribution < -0.4 is 34.1 Å². The van der Waals surface area contributed by atoms with Crippen molar-refractivity contribution in [2.45, 2.75) is 59.0 Å². The van der Waals surface area contributed by atoms with E-state index in [9.17, 15) is 48.3 Å². The van der Waals surface area contributed by atoms with Gasteiger partial charge in [-0.3, -0.25) is 14.4 Å². The molecule has 244 valence electrons. The normalized spacial score (nSPS) is 10.9. The number of rotatable bonds is 17. The van der Waals surface area contributed by atoms with Gasteiger partial charge in [-0.1, -0.05) is 13.3 Å². The maximum Gasteiger partial charge on any atom is 0.337 e. The molecule has 44 heavy (non-hydrogen) atoms. The fourth-order valence-electron chi connectivity index (χ4n) is 3.75. The van der Waals surface area contributed by atoms with Crippen molar-refractivity contribution in [3.05, 3.63) is 62.9 Å². The first-order valence-corrected chi connectivity index (χ1v) is 13.3. The quantitative estimate of drug-likeness (QED) is 0.0979. The maximum absolute atomic E-state index is 13.0. The zero-order chi connectivity index (χ0) is 33.0. The van der Waals surface area contributed by atoms with Gasteiger partial charge in [0.15, 0.2) is 0 Å². The third-order valence-electron chi connectivity index (χ3n) is 6.04. The van der Waals surface area contributed by atoms with E-state index in [1.807, 2.05) is 6.92 Å². The van der Waals surface area contributed by atoms with Gasteiger partial charge in [-0.15, -0.1) is 0 Å². The van der Waals surface area contributed by atoms with E-state index in [-0.39, 0.29) is 28.9 Å². The number of unbranched alkanes of at least 4 members (excludes halogenated alkanes) is 1. The minimum atomic E-state index is -1.38. The van der Waals surface area contributed by atoms with Gasteiger partial charge in [0.05, 0.1) is 46.6 Å². The number of methoxy groups -OCH3 is 2. The molecule has 0 aromatic carbocycles. The Morgan fingerprint density at radius 1 is 0.568 bits per heavy atom. The Morgan fingerprint density at radius 2 is 0.955 bits per heavy atom. The van der Waals surface area contributed by atoms with Crippen LogP contribution in [0.25, 0.3) is 0 Å². The monoisotopic (exact) mass is 630 g/mol. The summed E-state index contributed by atoms with van der Waals surface area (Å²) in [6.45, 7) is -3.63. The lowest BCUT2D eigenvalue weighted by atomic mass is 10.4. The van der Waals surface area contributed by atoms with Crippen molar-refractivity contribution in [1.29, 1.82) is 0 Å². The molecule has 0 saturated carbocycles. The Hall–Kier alpha value is -4.85. The first kappa shape index (κ1) is 35.3. The molecule has 2 heterocycles. The van der Waals surface area contributed by atoms with Gasteiger partial charge >= 0.3 is 52.0 Å². The zero-order valence-corrected chi connectivity index (χ0v) is 24.4. The van der Waals surface area contributed by atoms with Crippen molar-refractivity contribution in [1.82, 2.24) is 27.4 Å². The number of hydrogen-bond acceptors (Lipinski definition) is 14. The Kier molecular flexibility index (Phi) is 13.4. The standard InChI is InChI=1S/C24H34N6O14/c1-4-5-10-43-17(33)14-29-22(38)28(13-16(32)42-3)23(39)30(24(29)40)15-18(34)44-12-8-27-20(36)25(6-9-31)19(35)26(21(27)37)7-11-41-2/h31H,4-15H2,1-3H3. The number of nitrogens with zero attached hydrogens (tertiary/aromatic N) is 6. The lowest BCUT2D eigenvalue weighted by Crippen LogP contribution is -2.56. The number of aromatic nitrogens is 6. The van der Waals surface area contributed by atoms with E-state index in [4.69, 9.17) is 14.2 Å². The summed E-state index contributed by atoms with van der Waals surface area (Å²) in [7, 11) is 2.31. The highest BCUT2D eigenvalue weighted by Crippen LogP contribution is 1.91. The largest absolute Gasteiger partial charge is 0.468 e.